The third-order valence-electron chi connectivity index (χ3n) is 17.9. The molecule has 0 rings (SSSR count). The van der Waals surface area contributed by atoms with Crippen molar-refractivity contribution in [1.82, 2.24) is 0 Å². The minimum atomic E-state index is -4.97. The van der Waals surface area contributed by atoms with Crippen LogP contribution in [0.4, 0.5) is 0 Å². The van der Waals surface area contributed by atoms with Crippen molar-refractivity contribution in [3.05, 3.63) is 24.3 Å². The summed E-state index contributed by atoms with van der Waals surface area (Å²) in [5, 5.41) is 10.6. The summed E-state index contributed by atoms with van der Waals surface area (Å²) in [6.45, 7) is 11.8. The molecule has 0 aromatic rings. The first-order chi connectivity index (χ1) is 46.8. The molecule has 0 heterocycles. The minimum absolute atomic E-state index is 0.100. The van der Waals surface area contributed by atoms with Gasteiger partial charge in [-0.2, -0.15) is 0 Å². The quantitative estimate of drug-likeness (QED) is 0.0169. The maximum absolute atomic E-state index is 13.1. The van der Waals surface area contributed by atoms with Crippen molar-refractivity contribution in [2.24, 2.45) is 17.8 Å². The number of allylic oxidation sites excluding steroid dienone is 4. The molecular formula is C78H148O17P2. The molecule has 0 aromatic carbocycles. The minimum Gasteiger partial charge on any atom is -0.462 e. The number of aliphatic hydroxyl groups excluding tert-OH is 1. The molecule has 3 unspecified atom stereocenters. The molecule has 0 bridgehead atoms. The molecule has 97 heavy (non-hydrogen) atoms. The fourth-order valence-electron chi connectivity index (χ4n) is 11.4. The fourth-order valence-corrected chi connectivity index (χ4v) is 13.0. The third kappa shape index (κ3) is 70.4. The van der Waals surface area contributed by atoms with Gasteiger partial charge in [-0.3, -0.25) is 37.3 Å². The molecule has 0 aliphatic heterocycles. The van der Waals surface area contributed by atoms with E-state index in [1.807, 2.05) is 0 Å². The first-order valence-electron chi connectivity index (χ1n) is 39.7. The Morgan fingerprint density at radius 3 is 0.918 bits per heavy atom. The number of phosphoric acid groups is 2. The van der Waals surface area contributed by atoms with Gasteiger partial charge in [-0.25, -0.2) is 9.13 Å². The lowest BCUT2D eigenvalue weighted by atomic mass is 10.00. The highest BCUT2D eigenvalue weighted by Gasteiger charge is 2.30. The molecule has 3 N–H and O–H groups in total. The summed E-state index contributed by atoms with van der Waals surface area (Å²) in [6, 6.07) is 0. The van der Waals surface area contributed by atoms with E-state index in [4.69, 9.17) is 37.0 Å². The van der Waals surface area contributed by atoms with E-state index in [0.717, 1.165) is 133 Å². The van der Waals surface area contributed by atoms with Gasteiger partial charge in [0.2, 0.25) is 0 Å². The summed E-state index contributed by atoms with van der Waals surface area (Å²) in [7, 11) is -9.93. The van der Waals surface area contributed by atoms with Crippen molar-refractivity contribution in [2.75, 3.05) is 39.6 Å². The monoisotopic (exact) mass is 1420 g/mol. The van der Waals surface area contributed by atoms with Gasteiger partial charge in [0.25, 0.3) is 0 Å². The van der Waals surface area contributed by atoms with Crippen LogP contribution in [0.15, 0.2) is 24.3 Å². The summed E-state index contributed by atoms with van der Waals surface area (Å²) < 4.78 is 68.6. The number of aliphatic hydroxyl groups is 1. The second kappa shape index (κ2) is 68.0. The van der Waals surface area contributed by atoms with Gasteiger partial charge in [-0.1, -0.05) is 323 Å². The average molecular weight is 1420 g/mol. The first kappa shape index (κ1) is 94.5. The van der Waals surface area contributed by atoms with Gasteiger partial charge in [0.1, 0.15) is 19.3 Å². The van der Waals surface area contributed by atoms with Crippen molar-refractivity contribution in [2.45, 2.75) is 394 Å². The van der Waals surface area contributed by atoms with Crippen molar-refractivity contribution < 1.29 is 80.2 Å². The summed E-state index contributed by atoms with van der Waals surface area (Å²) in [4.78, 5) is 72.9. The van der Waals surface area contributed by atoms with E-state index in [9.17, 15) is 43.2 Å². The molecule has 0 saturated heterocycles. The van der Waals surface area contributed by atoms with Crippen molar-refractivity contribution in [1.29, 1.82) is 0 Å². The summed E-state index contributed by atoms with van der Waals surface area (Å²) >= 11 is 0. The van der Waals surface area contributed by atoms with Gasteiger partial charge < -0.3 is 33.8 Å². The van der Waals surface area contributed by atoms with Crippen LogP contribution >= 0.6 is 15.6 Å². The number of phosphoric ester groups is 2. The number of carbonyl (C=O) groups excluding carboxylic acids is 4. The molecule has 0 fully saturated rings. The van der Waals surface area contributed by atoms with Crippen molar-refractivity contribution >= 4 is 39.5 Å². The highest BCUT2D eigenvalue weighted by atomic mass is 31.2. The predicted octanol–water partition coefficient (Wildman–Crippen LogP) is 22.5. The number of unbranched alkanes of at least 4 members (excludes halogenated alkanes) is 38. The van der Waals surface area contributed by atoms with Crippen LogP contribution < -0.4 is 0 Å². The highest BCUT2D eigenvalue weighted by molar-refractivity contribution is 7.47. The largest absolute Gasteiger partial charge is 0.472 e. The second-order valence-corrected chi connectivity index (χ2v) is 31.5. The Balaban J connectivity index is 5.29. The Bertz CT molecular complexity index is 1980. The Hall–Kier alpha value is -2.46. The number of esters is 4. The Morgan fingerprint density at radius 1 is 0.340 bits per heavy atom. The fraction of sp³-hybridized carbons (Fsp3) is 0.897. The zero-order valence-electron chi connectivity index (χ0n) is 63.0. The van der Waals surface area contributed by atoms with Gasteiger partial charge in [-0.05, 0) is 69.1 Å². The van der Waals surface area contributed by atoms with Crippen molar-refractivity contribution in [3.8, 4) is 0 Å². The molecule has 0 spiro atoms. The molecular weight excluding hydrogens is 1270 g/mol. The topological polar surface area (TPSA) is 237 Å². The van der Waals surface area contributed by atoms with E-state index in [2.05, 4.69) is 72.8 Å². The highest BCUT2D eigenvalue weighted by Crippen LogP contribution is 2.45. The van der Waals surface area contributed by atoms with Gasteiger partial charge in [0.05, 0.1) is 26.4 Å². The van der Waals surface area contributed by atoms with Gasteiger partial charge >= 0.3 is 39.5 Å². The maximum atomic E-state index is 13.1. The van der Waals surface area contributed by atoms with Crippen LogP contribution in [0.1, 0.15) is 376 Å². The van der Waals surface area contributed by atoms with Gasteiger partial charge in [0.15, 0.2) is 12.2 Å². The number of hydrogen-bond acceptors (Lipinski definition) is 15. The molecule has 572 valence electrons. The van der Waals surface area contributed by atoms with E-state index < -0.39 is 97.5 Å². The predicted molar refractivity (Wildman–Crippen MR) is 395 cm³/mol. The Labute approximate surface area is 592 Å². The van der Waals surface area contributed by atoms with Crippen LogP contribution in [0, 0.1) is 17.8 Å². The molecule has 0 saturated carbocycles. The Kier molecular flexibility index (Phi) is 66.3. The SMILES string of the molecule is CCCCCC/C=C\C=C/CCCCCCCC(=O)OC[C@H](COP(=O)(O)OC[C@@H](O)COP(=O)(O)OC[C@@H](COC(=O)CCCCCCCCC(C)CC)OC(=O)CCCCCCCCCCCCCC(C)C)OC(=O)CCCCCCCCCCCCCCCCCC(C)C. The van der Waals surface area contributed by atoms with Crippen molar-refractivity contribution in [3.63, 3.8) is 0 Å². The lowest BCUT2D eigenvalue weighted by Gasteiger charge is -2.21. The van der Waals surface area contributed by atoms with Gasteiger partial charge in [0, 0.05) is 25.7 Å². The van der Waals surface area contributed by atoms with E-state index in [1.54, 1.807) is 0 Å². The number of carbonyl (C=O) groups is 4. The maximum Gasteiger partial charge on any atom is 0.472 e. The van der Waals surface area contributed by atoms with E-state index in [0.29, 0.717) is 25.7 Å². The Morgan fingerprint density at radius 2 is 0.608 bits per heavy atom. The number of rotatable bonds is 74. The molecule has 0 aliphatic rings. The second-order valence-electron chi connectivity index (χ2n) is 28.6. The molecule has 19 heteroatoms. The van der Waals surface area contributed by atoms with Crippen LogP contribution in [0.3, 0.4) is 0 Å². The van der Waals surface area contributed by atoms with Gasteiger partial charge in [-0.15, -0.1) is 0 Å². The standard InChI is InChI=1S/C78H148O17P2/c1-8-10-11-12-13-14-15-16-18-22-27-32-37-45-52-59-75(80)88-65-73(94-77(82)61-54-47-38-33-28-23-20-17-19-21-25-30-35-42-49-56-69(3)4)67-92-96(84,85)90-63-72(79)64-91-97(86,87)93-68-74(66-89-76(81)60-53-46-41-40-44-51-58-71(7)9-2)95-78(83)62-55-48-39-34-29-24-26-31-36-43-50-57-70(5)6/h14-16,18,69-74,79H,8-13,17,19-68H2,1-7H3,(H,84,85)(H,86,87)/b15-14-,18-16-/t71?,72-,73-,74-/m1/s1. The van der Waals surface area contributed by atoms with Crippen LogP contribution in [-0.2, 0) is 65.4 Å². The molecule has 0 amide bonds. The van der Waals surface area contributed by atoms with Crippen LogP contribution in [0.25, 0.3) is 0 Å². The van der Waals surface area contributed by atoms with Crippen LogP contribution in [0.5, 0.6) is 0 Å². The summed E-state index contributed by atoms with van der Waals surface area (Å²) in [5.41, 5.74) is 0. The average Bonchev–Trinajstić information content (AvgIpc) is 1.05. The molecule has 6 atom stereocenters. The molecule has 0 aliphatic carbocycles. The normalized spacial score (nSPS) is 14.5. The zero-order chi connectivity index (χ0) is 71.6. The zero-order valence-corrected chi connectivity index (χ0v) is 64.8. The van der Waals surface area contributed by atoms with Crippen LogP contribution in [-0.4, -0.2) is 96.7 Å². The van der Waals surface area contributed by atoms with E-state index in [-0.39, 0.29) is 25.7 Å². The van der Waals surface area contributed by atoms with E-state index in [1.165, 1.54) is 161 Å². The number of hydrogen-bond donors (Lipinski definition) is 3. The smallest absolute Gasteiger partial charge is 0.462 e. The summed E-state index contributed by atoms with van der Waals surface area (Å²) in [5.74, 6) is 0.147. The molecule has 0 aromatic heterocycles. The number of ether oxygens (including phenoxy) is 4. The summed E-state index contributed by atoms with van der Waals surface area (Å²) in [6.07, 6.45) is 57.7. The first-order valence-corrected chi connectivity index (χ1v) is 42.7. The molecule has 0 radical (unpaired) electrons. The van der Waals surface area contributed by atoms with E-state index >= 15 is 0 Å². The lowest BCUT2D eigenvalue weighted by molar-refractivity contribution is -0.161. The lowest BCUT2D eigenvalue weighted by Crippen LogP contribution is -2.30. The third-order valence-corrected chi connectivity index (χ3v) is 19.8. The molecule has 17 nitrogen and oxygen atoms in total. The van der Waals surface area contributed by atoms with Crippen LogP contribution in [0.2, 0.25) is 0 Å².